The highest BCUT2D eigenvalue weighted by Gasteiger charge is 2.35. The highest BCUT2D eigenvalue weighted by Crippen LogP contribution is 2.34. The number of methoxy groups -OCH3 is 2. The SMILES string of the molecule is COCCCN(CC(=O)N1CCc2sccc2[C@@H]1COc1ccc(Cl)c(C)c1)S(=O)(=O)c1ccc(OC)cc1. The maximum atomic E-state index is 13.8. The second kappa shape index (κ2) is 13.1. The first-order valence-electron chi connectivity index (χ1n) is 12.6. The van der Waals surface area contributed by atoms with Crippen LogP contribution in [0.4, 0.5) is 0 Å². The molecule has 0 fully saturated rings. The van der Waals surface area contributed by atoms with E-state index in [9.17, 15) is 13.2 Å². The second-order valence-electron chi connectivity index (χ2n) is 9.23. The van der Waals surface area contributed by atoms with Crippen LogP contribution >= 0.6 is 22.9 Å². The first-order valence-corrected chi connectivity index (χ1v) is 15.3. The Kier molecular flexibility index (Phi) is 9.90. The van der Waals surface area contributed by atoms with E-state index in [0.717, 1.165) is 11.1 Å². The Labute approximate surface area is 239 Å². The van der Waals surface area contributed by atoms with Gasteiger partial charge in [0.15, 0.2) is 0 Å². The summed E-state index contributed by atoms with van der Waals surface area (Å²) in [6, 6.07) is 13.3. The average Bonchev–Trinajstić information content (AvgIpc) is 3.42. The number of ether oxygens (including phenoxy) is 3. The Morgan fingerprint density at radius 1 is 1.13 bits per heavy atom. The van der Waals surface area contributed by atoms with Crippen molar-refractivity contribution in [1.29, 1.82) is 0 Å². The molecule has 0 radical (unpaired) electrons. The van der Waals surface area contributed by atoms with Crippen molar-refractivity contribution in [2.24, 2.45) is 0 Å². The Balaban J connectivity index is 1.56. The average molecular weight is 593 g/mol. The molecule has 2 aromatic carbocycles. The lowest BCUT2D eigenvalue weighted by molar-refractivity contribution is -0.135. The van der Waals surface area contributed by atoms with Gasteiger partial charge < -0.3 is 19.1 Å². The minimum atomic E-state index is -3.94. The third kappa shape index (κ3) is 6.93. The van der Waals surface area contributed by atoms with Gasteiger partial charge in [0.05, 0.1) is 24.6 Å². The lowest BCUT2D eigenvalue weighted by atomic mass is 10.0. The topological polar surface area (TPSA) is 85.4 Å². The quantitative estimate of drug-likeness (QED) is 0.277. The van der Waals surface area contributed by atoms with E-state index in [4.69, 9.17) is 25.8 Å². The lowest BCUT2D eigenvalue weighted by Crippen LogP contribution is -2.48. The maximum Gasteiger partial charge on any atom is 0.243 e. The number of nitrogens with zero attached hydrogens (tertiary/aromatic N) is 2. The van der Waals surface area contributed by atoms with E-state index >= 15 is 0 Å². The number of carbonyl (C=O) groups is 1. The zero-order valence-electron chi connectivity index (χ0n) is 22.3. The smallest absolute Gasteiger partial charge is 0.243 e. The van der Waals surface area contributed by atoms with Crippen LogP contribution in [0.5, 0.6) is 11.5 Å². The van der Waals surface area contributed by atoms with Crippen LogP contribution in [-0.2, 0) is 26.0 Å². The Morgan fingerprint density at radius 2 is 1.87 bits per heavy atom. The van der Waals surface area contributed by atoms with Gasteiger partial charge >= 0.3 is 0 Å². The molecule has 8 nitrogen and oxygen atoms in total. The number of benzene rings is 2. The van der Waals surface area contributed by atoms with E-state index in [1.807, 2.05) is 24.4 Å². The van der Waals surface area contributed by atoms with E-state index in [2.05, 4.69) is 0 Å². The van der Waals surface area contributed by atoms with Gasteiger partial charge in [-0.05, 0) is 84.8 Å². The molecule has 0 bridgehead atoms. The molecule has 0 unspecified atom stereocenters. The molecule has 3 aromatic rings. The molecule has 1 atom stereocenters. The van der Waals surface area contributed by atoms with Gasteiger partial charge in [0, 0.05) is 36.7 Å². The van der Waals surface area contributed by atoms with E-state index in [1.165, 1.54) is 28.4 Å². The van der Waals surface area contributed by atoms with Gasteiger partial charge in [-0.3, -0.25) is 4.79 Å². The van der Waals surface area contributed by atoms with Gasteiger partial charge in [0.1, 0.15) is 18.1 Å². The van der Waals surface area contributed by atoms with Crippen LogP contribution in [-0.4, -0.2) is 70.6 Å². The molecule has 210 valence electrons. The lowest BCUT2D eigenvalue weighted by Gasteiger charge is -2.37. The molecule has 1 aromatic heterocycles. The fourth-order valence-electron chi connectivity index (χ4n) is 4.56. The summed E-state index contributed by atoms with van der Waals surface area (Å²) in [5, 5.41) is 2.67. The summed E-state index contributed by atoms with van der Waals surface area (Å²) < 4.78 is 44.8. The van der Waals surface area contributed by atoms with Crippen LogP contribution in [0.15, 0.2) is 58.8 Å². The summed E-state index contributed by atoms with van der Waals surface area (Å²) in [6.45, 7) is 2.87. The van der Waals surface area contributed by atoms with Crippen molar-refractivity contribution >= 4 is 38.9 Å². The predicted octanol–water partition coefficient (Wildman–Crippen LogP) is 4.95. The molecule has 39 heavy (non-hydrogen) atoms. The van der Waals surface area contributed by atoms with Crippen LogP contribution in [0.1, 0.15) is 28.5 Å². The number of hydrogen-bond acceptors (Lipinski definition) is 7. The third-order valence-electron chi connectivity index (χ3n) is 6.72. The zero-order valence-corrected chi connectivity index (χ0v) is 24.7. The van der Waals surface area contributed by atoms with Crippen molar-refractivity contribution in [2.75, 3.05) is 47.1 Å². The summed E-state index contributed by atoms with van der Waals surface area (Å²) in [5.74, 6) is 0.937. The molecule has 1 aliphatic heterocycles. The van der Waals surface area contributed by atoms with Crippen LogP contribution < -0.4 is 9.47 Å². The van der Waals surface area contributed by atoms with Crippen molar-refractivity contribution in [3.63, 3.8) is 0 Å². The van der Waals surface area contributed by atoms with Gasteiger partial charge in [-0.2, -0.15) is 4.31 Å². The summed E-state index contributed by atoms with van der Waals surface area (Å²) >= 11 is 7.82. The Bertz CT molecular complexity index is 1380. The van der Waals surface area contributed by atoms with Crippen molar-refractivity contribution in [3.05, 3.63) is 74.9 Å². The molecular weight excluding hydrogens is 560 g/mol. The molecule has 0 saturated carbocycles. The molecule has 4 rings (SSSR count). The number of carbonyl (C=O) groups excluding carboxylic acids is 1. The summed E-state index contributed by atoms with van der Waals surface area (Å²) in [6.07, 6.45) is 1.17. The van der Waals surface area contributed by atoms with E-state index in [-0.39, 0.29) is 36.5 Å². The van der Waals surface area contributed by atoms with Gasteiger partial charge in [-0.25, -0.2) is 8.42 Å². The van der Waals surface area contributed by atoms with Crippen molar-refractivity contribution in [1.82, 2.24) is 9.21 Å². The van der Waals surface area contributed by atoms with Gasteiger partial charge in [0.25, 0.3) is 0 Å². The van der Waals surface area contributed by atoms with Gasteiger partial charge in [-0.1, -0.05) is 11.6 Å². The molecule has 0 saturated heterocycles. The summed E-state index contributed by atoms with van der Waals surface area (Å²) in [4.78, 5) is 16.8. The minimum absolute atomic E-state index is 0.102. The minimum Gasteiger partial charge on any atom is -0.497 e. The van der Waals surface area contributed by atoms with Crippen molar-refractivity contribution in [2.45, 2.75) is 30.7 Å². The van der Waals surface area contributed by atoms with Crippen LogP contribution in [0.25, 0.3) is 0 Å². The molecule has 0 N–H and O–H groups in total. The maximum absolute atomic E-state index is 13.8. The number of fused-ring (bicyclic) bond motifs is 1. The first-order chi connectivity index (χ1) is 18.7. The largest absolute Gasteiger partial charge is 0.497 e. The third-order valence-corrected chi connectivity index (χ3v) is 10.00. The number of thiophene rings is 1. The fourth-order valence-corrected chi connectivity index (χ4v) is 7.04. The Hall–Kier alpha value is -2.63. The molecule has 1 amide bonds. The monoisotopic (exact) mass is 592 g/mol. The number of aryl methyl sites for hydroxylation is 1. The molecule has 11 heteroatoms. The highest BCUT2D eigenvalue weighted by molar-refractivity contribution is 7.89. The predicted molar refractivity (Wildman–Crippen MR) is 152 cm³/mol. The number of amides is 1. The van der Waals surface area contributed by atoms with E-state index < -0.39 is 10.0 Å². The van der Waals surface area contributed by atoms with E-state index in [1.54, 1.807) is 47.6 Å². The standard InChI is InChI=1S/C28H33ClN2O6S2/c1-20-17-22(7-10-25(20)29)37-19-26-24-12-16-38-27(24)11-14-31(26)28(32)18-30(13-4-15-35-2)39(33,34)23-8-5-21(36-3)6-9-23/h5-10,12,16-17,26H,4,11,13-15,18-19H2,1-3H3/t26-/m0/s1. The second-order valence-corrected chi connectivity index (χ2v) is 12.6. The number of halogens is 1. The zero-order chi connectivity index (χ0) is 28.0. The van der Waals surface area contributed by atoms with Gasteiger partial charge in [0.2, 0.25) is 15.9 Å². The molecule has 0 spiro atoms. The normalized spacial score (nSPS) is 15.3. The molecule has 1 aliphatic rings. The van der Waals surface area contributed by atoms with Crippen LogP contribution in [0, 0.1) is 6.92 Å². The number of sulfonamides is 1. The van der Waals surface area contributed by atoms with Crippen LogP contribution in [0.3, 0.4) is 0 Å². The first kappa shape index (κ1) is 29.4. The van der Waals surface area contributed by atoms with Crippen molar-refractivity contribution < 1.29 is 27.4 Å². The highest BCUT2D eigenvalue weighted by atomic mass is 35.5. The number of hydrogen-bond donors (Lipinski definition) is 0. The number of rotatable bonds is 12. The molecule has 2 heterocycles. The van der Waals surface area contributed by atoms with Gasteiger partial charge in [-0.15, -0.1) is 11.3 Å². The fraction of sp³-hybridized carbons (Fsp3) is 0.393. The Morgan fingerprint density at radius 3 is 2.56 bits per heavy atom. The molecular formula is C28H33ClN2O6S2. The van der Waals surface area contributed by atoms with Crippen molar-refractivity contribution in [3.8, 4) is 11.5 Å². The summed E-state index contributed by atoms with van der Waals surface area (Å²) in [7, 11) is -0.858. The van der Waals surface area contributed by atoms with Crippen LogP contribution in [0.2, 0.25) is 5.02 Å². The molecule has 0 aliphatic carbocycles. The van der Waals surface area contributed by atoms with E-state index in [0.29, 0.717) is 42.5 Å². The summed E-state index contributed by atoms with van der Waals surface area (Å²) in [5.41, 5.74) is 1.94.